The normalized spacial score (nSPS) is 14.9. The van der Waals surface area contributed by atoms with Gasteiger partial charge in [0.25, 0.3) is 0 Å². The Morgan fingerprint density at radius 1 is 1.29 bits per heavy atom. The van der Waals surface area contributed by atoms with Crippen LogP contribution in [0.1, 0.15) is 20.8 Å². The zero-order valence-electron chi connectivity index (χ0n) is 8.65. The minimum atomic E-state index is -1.23. The van der Waals surface area contributed by atoms with Gasteiger partial charge in [0, 0.05) is 5.92 Å². The zero-order chi connectivity index (χ0) is 11.3. The standard InChI is InChI=1S/C9H17NO4/c1-5(2)6(3)8(12)10-7(4-11)9(13)14/h5-7,11H,4H2,1-3H3,(H,10,12)(H,13,14)/t6?,7-/m1/s1. The Hall–Kier alpha value is -1.10. The SMILES string of the molecule is CC(C)C(C)C(=O)N[C@H](CO)C(=O)O. The van der Waals surface area contributed by atoms with Crippen molar-refractivity contribution in [2.75, 3.05) is 6.61 Å². The minimum absolute atomic E-state index is 0.142. The molecule has 0 aromatic rings. The van der Waals surface area contributed by atoms with Crippen LogP contribution >= 0.6 is 0 Å². The molecule has 82 valence electrons. The summed E-state index contributed by atoms with van der Waals surface area (Å²) in [6.45, 7) is 4.88. The number of nitrogens with one attached hydrogen (secondary N) is 1. The van der Waals surface area contributed by atoms with Gasteiger partial charge in [0.1, 0.15) is 6.04 Å². The lowest BCUT2D eigenvalue weighted by molar-refractivity contribution is -0.143. The molecule has 0 aliphatic carbocycles. The smallest absolute Gasteiger partial charge is 0.328 e. The zero-order valence-corrected chi connectivity index (χ0v) is 8.65. The van der Waals surface area contributed by atoms with Crippen molar-refractivity contribution < 1.29 is 19.8 Å². The van der Waals surface area contributed by atoms with Crippen LogP contribution in [0.25, 0.3) is 0 Å². The molecule has 0 saturated carbocycles. The maximum absolute atomic E-state index is 11.4. The highest BCUT2D eigenvalue weighted by molar-refractivity contribution is 5.84. The van der Waals surface area contributed by atoms with Gasteiger partial charge in [-0.15, -0.1) is 0 Å². The average molecular weight is 203 g/mol. The van der Waals surface area contributed by atoms with Gasteiger partial charge < -0.3 is 15.5 Å². The van der Waals surface area contributed by atoms with E-state index in [1.807, 2.05) is 13.8 Å². The maximum atomic E-state index is 11.4. The molecule has 0 aromatic carbocycles. The molecule has 0 fully saturated rings. The first-order valence-corrected chi connectivity index (χ1v) is 4.54. The van der Waals surface area contributed by atoms with Gasteiger partial charge in [0.2, 0.25) is 5.91 Å². The number of amides is 1. The maximum Gasteiger partial charge on any atom is 0.328 e. The molecule has 1 amide bonds. The van der Waals surface area contributed by atoms with Gasteiger partial charge in [-0.3, -0.25) is 4.79 Å². The molecule has 14 heavy (non-hydrogen) atoms. The predicted molar refractivity (Wildman–Crippen MR) is 50.7 cm³/mol. The van der Waals surface area contributed by atoms with Gasteiger partial charge in [-0.1, -0.05) is 20.8 Å². The van der Waals surface area contributed by atoms with Crippen LogP contribution in [-0.2, 0) is 9.59 Å². The summed E-state index contributed by atoms with van der Waals surface area (Å²) in [5.74, 6) is -1.69. The Morgan fingerprint density at radius 3 is 2.07 bits per heavy atom. The third kappa shape index (κ3) is 3.74. The topological polar surface area (TPSA) is 86.6 Å². The first kappa shape index (κ1) is 12.9. The number of carboxylic acids is 1. The summed E-state index contributed by atoms with van der Waals surface area (Å²) >= 11 is 0. The molecular formula is C9H17NO4. The van der Waals surface area contributed by atoms with Gasteiger partial charge >= 0.3 is 5.97 Å². The molecule has 3 N–H and O–H groups in total. The van der Waals surface area contributed by atoms with Gasteiger partial charge in [-0.2, -0.15) is 0 Å². The van der Waals surface area contributed by atoms with Crippen LogP contribution in [0.4, 0.5) is 0 Å². The summed E-state index contributed by atoms with van der Waals surface area (Å²) in [6, 6.07) is -1.20. The van der Waals surface area contributed by atoms with Crippen LogP contribution in [-0.4, -0.2) is 34.7 Å². The predicted octanol–water partition coefficient (Wildman–Crippen LogP) is -0.160. The van der Waals surface area contributed by atoms with Crippen molar-refractivity contribution >= 4 is 11.9 Å². The summed E-state index contributed by atoms with van der Waals surface area (Å²) in [5, 5.41) is 19.5. The van der Waals surface area contributed by atoms with E-state index in [4.69, 9.17) is 10.2 Å². The highest BCUT2D eigenvalue weighted by Crippen LogP contribution is 2.09. The second-order valence-corrected chi connectivity index (χ2v) is 3.61. The van der Waals surface area contributed by atoms with E-state index >= 15 is 0 Å². The Kier molecular flexibility index (Phi) is 5.15. The molecule has 0 aliphatic heterocycles. The van der Waals surface area contributed by atoms with Crippen LogP contribution in [0, 0.1) is 11.8 Å². The number of carbonyl (C=O) groups is 2. The van der Waals surface area contributed by atoms with Crippen molar-refractivity contribution in [2.24, 2.45) is 11.8 Å². The molecule has 0 aliphatic rings. The van der Waals surface area contributed by atoms with Crippen molar-refractivity contribution in [3.8, 4) is 0 Å². The fourth-order valence-electron chi connectivity index (χ4n) is 0.791. The van der Waals surface area contributed by atoms with Crippen LogP contribution < -0.4 is 5.32 Å². The van der Waals surface area contributed by atoms with Gasteiger partial charge in [0.05, 0.1) is 6.61 Å². The molecule has 5 heteroatoms. The minimum Gasteiger partial charge on any atom is -0.480 e. The van der Waals surface area contributed by atoms with E-state index in [1.165, 1.54) is 0 Å². The highest BCUT2D eigenvalue weighted by atomic mass is 16.4. The van der Waals surface area contributed by atoms with E-state index in [1.54, 1.807) is 6.92 Å². The Bertz CT molecular complexity index is 215. The van der Waals surface area contributed by atoms with E-state index < -0.39 is 18.6 Å². The summed E-state index contributed by atoms with van der Waals surface area (Å²) < 4.78 is 0. The Labute approximate surface area is 83.1 Å². The number of carbonyl (C=O) groups excluding carboxylic acids is 1. The second-order valence-electron chi connectivity index (χ2n) is 3.61. The fourth-order valence-corrected chi connectivity index (χ4v) is 0.791. The molecule has 0 aromatic heterocycles. The van der Waals surface area contributed by atoms with Crippen molar-refractivity contribution in [3.05, 3.63) is 0 Å². The molecule has 1 unspecified atom stereocenters. The average Bonchev–Trinajstić information content (AvgIpc) is 2.11. The van der Waals surface area contributed by atoms with Gasteiger partial charge in [0.15, 0.2) is 0 Å². The molecule has 5 nitrogen and oxygen atoms in total. The summed E-state index contributed by atoms with van der Waals surface area (Å²) in [5.41, 5.74) is 0. The van der Waals surface area contributed by atoms with Crippen LogP contribution in [0.5, 0.6) is 0 Å². The molecule has 0 rings (SSSR count). The first-order valence-electron chi connectivity index (χ1n) is 4.54. The molecule has 0 spiro atoms. The molecular weight excluding hydrogens is 186 g/mol. The summed E-state index contributed by atoms with van der Waals surface area (Å²) in [7, 11) is 0. The monoisotopic (exact) mass is 203 g/mol. The number of aliphatic hydroxyl groups excluding tert-OH is 1. The van der Waals surface area contributed by atoms with E-state index in [9.17, 15) is 9.59 Å². The third-order valence-corrected chi connectivity index (χ3v) is 2.21. The van der Waals surface area contributed by atoms with Crippen LogP contribution in [0.3, 0.4) is 0 Å². The second kappa shape index (κ2) is 5.59. The highest BCUT2D eigenvalue weighted by Gasteiger charge is 2.23. The molecule has 0 saturated heterocycles. The molecule has 0 heterocycles. The van der Waals surface area contributed by atoms with Crippen molar-refractivity contribution in [1.29, 1.82) is 0 Å². The third-order valence-electron chi connectivity index (χ3n) is 2.21. The fraction of sp³-hybridized carbons (Fsp3) is 0.778. The molecule has 0 bridgehead atoms. The van der Waals surface area contributed by atoms with E-state index in [-0.39, 0.29) is 17.7 Å². The number of aliphatic carboxylic acids is 1. The van der Waals surface area contributed by atoms with Crippen molar-refractivity contribution in [2.45, 2.75) is 26.8 Å². The van der Waals surface area contributed by atoms with Gasteiger partial charge in [-0.25, -0.2) is 4.79 Å². The quantitative estimate of drug-likeness (QED) is 0.579. The lowest BCUT2D eigenvalue weighted by atomic mass is 9.97. The lowest BCUT2D eigenvalue weighted by Gasteiger charge is -2.18. The number of hydrogen-bond acceptors (Lipinski definition) is 3. The van der Waals surface area contributed by atoms with E-state index in [0.29, 0.717) is 0 Å². The van der Waals surface area contributed by atoms with Crippen molar-refractivity contribution in [1.82, 2.24) is 5.32 Å². The summed E-state index contributed by atoms with van der Waals surface area (Å²) in [4.78, 5) is 21.9. The largest absolute Gasteiger partial charge is 0.480 e. The van der Waals surface area contributed by atoms with E-state index in [0.717, 1.165) is 0 Å². The first-order chi connectivity index (χ1) is 6.40. The van der Waals surface area contributed by atoms with Crippen LogP contribution in [0.15, 0.2) is 0 Å². The Balaban J connectivity index is 4.22. The summed E-state index contributed by atoms with van der Waals surface area (Å²) in [6.07, 6.45) is 0. The number of rotatable bonds is 5. The number of carboxylic acid groups (broad SMARTS) is 1. The number of aliphatic hydroxyl groups is 1. The van der Waals surface area contributed by atoms with E-state index in [2.05, 4.69) is 5.32 Å². The van der Waals surface area contributed by atoms with Crippen LogP contribution in [0.2, 0.25) is 0 Å². The van der Waals surface area contributed by atoms with Gasteiger partial charge in [-0.05, 0) is 5.92 Å². The lowest BCUT2D eigenvalue weighted by Crippen LogP contribution is -2.46. The van der Waals surface area contributed by atoms with Crippen molar-refractivity contribution in [3.63, 3.8) is 0 Å². The Morgan fingerprint density at radius 2 is 1.79 bits per heavy atom. The molecule has 2 atom stereocenters. The molecule has 0 radical (unpaired) electrons. The number of hydrogen-bond donors (Lipinski definition) is 3.